The molecule has 1 aromatic heterocycles. The van der Waals surface area contributed by atoms with Crippen LogP contribution in [0.15, 0.2) is 35.1 Å². The SMILES string of the molecule is CC(C)c1nc(=O)n(C)c(-c2ccc(F)cc2)c1/C=C/[C@@H](O)C[C@@H](O)CC(=O)O. The Morgan fingerprint density at radius 2 is 1.86 bits per heavy atom. The molecule has 8 heteroatoms. The lowest BCUT2D eigenvalue weighted by molar-refractivity contribution is -0.139. The van der Waals surface area contributed by atoms with E-state index in [0.29, 0.717) is 22.5 Å². The van der Waals surface area contributed by atoms with Crippen molar-refractivity contribution in [3.63, 3.8) is 0 Å². The highest BCUT2D eigenvalue weighted by Gasteiger charge is 2.18. The van der Waals surface area contributed by atoms with Crippen LogP contribution < -0.4 is 5.69 Å². The summed E-state index contributed by atoms with van der Waals surface area (Å²) in [5, 5.41) is 28.6. The number of aromatic nitrogens is 2. The third kappa shape index (κ3) is 5.82. The van der Waals surface area contributed by atoms with E-state index < -0.39 is 36.1 Å². The number of benzene rings is 1. The number of rotatable bonds is 8. The van der Waals surface area contributed by atoms with Crippen molar-refractivity contribution in [2.75, 3.05) is 0 Å². The average Bonchev–Trinajstić information content (AvgIpc) is 2.62. The fourth-order valence-corrected chi connectivity index (χ4v) is 3.05. The van der Waals surface area contributed by atoms with E-state index >= 15 is 0 Å². The Hall–Kier alpha value is -2.84. The number of hydrogen-bond acceptors (Lipinski definition) is 5. The summed E-state index contributed by atoms with van der Waals surface area (Å²) >= 11 is 0. The van der Waals surface area contributed by atoms with Gasteiger partial charge in [-0.15, -0.1) is 0 Å². The van der Waals surface area contributed by atoms with E-state index in [0.717, 1.165) is 0 Å². The van der Waals surface area contributed by atoms with Crippen molar-refractivity contribution in [3.05, 3.63) is 57.9 Å². The largest absolute Gasteiger partial charge is 0.481 e. The first-order chi connectivity index (χ1) is 13.6. The molecule has 0 saturated carbocycles. The van der Waals surface area contributed by atoms with Crippen LogP contribution >= 0.6 is 0 Å². The minimum Gasteiger partial charge on any atom is -0.481 e. The molecule has 1 heterocycles. The second kappa shape index (κ2) is 9.58. The van der Waals surface area contributed by atoms with E-state index in [1.807, 2.05) is 13.8 Å². The Bertz CT molecular complexity index is 951. The summed E-state index contributed by atoms with van der Waals surface area (Å²) < 4.78 is 14.7. The van der Waals surface area contributed by atoms with Crippen LogP contribution in [-0.2, 0) is 11.8 Å². The van der Waals surface area contributed by atoms with Crippen LogP contribution in [0.1, 0.15) is 43.9 Å². The summed E-state index contributed by atoms with van der Waals surface area (Å²) in [6.45, 7) is 3.75. The number of aliphatic hydroxyl groups excluding tert-OH is 2. The second-order valence-corrected chi connectivity index (χ2v) is 7.18. The monoisotopic (exact) mass is 404 g/mol. The Kier molecular flexibility index (Phi) is 7.41. The molecule has 2 rings (SSSR count). The van der Waals surface area contributed by atoms with Crippen LogP contribution in [0.2, 0.25) is 0 Å². The van der Waals surface area contributed by atoms with Gasteiger partial charge in [-0.05, 0) is 35.7 Å². The van der Waals surface area contributed by atoms with Crippen molar-refractivity contribution >= 4 is 12.0 Å². The highest BCUT2D eigenvalue weighted by Crippen LogP contribution is 2.29. The lowest BCUT2D eigenvalue weighted by atomic mass is 9.97. The summed E-state index contributed by atoms with van der Waals surface area (Å²) in [7, 11) is 1.56. The molecule has 0 aliphatic rings. The topological polar surface area (TPSA) is 113 Å². The zero-order valence-corrected chi connectivity index (χ0v) is 16.5. The number of aliphatic carboxylic acids is 1. The standard InChI is InChI=1S/C21H25FN2O5/c1-12(2)19-17(9-8-15(25)10-16(26)11-18(27)28)20(24(3)21(29)23-19)13-4-6-14(22)7-5-13/h4-9,12,15-16,25-26H,10-11H2,1-3H3,(H,27,28)/b9-8+/t15-,16-/m1/s1. The molecule has 1 aromatic carbocycles. The van der Waals surface area contributed by atoms with Crippen molar-refractivity contribution in [2.45, 2.75) is 44.8 Å². The Balaban J connectivity index is 2.51. The molecule has 0 bridgehead atoms. The zero-order valence-electron chi connectivity index (χ0n) is 16.5. The summed E-state index contributed by atoms with van der Waals surface area (Å²) in [4.78, 5) is 27.1. The van der Waals surface area contributed by atoms with Crippen LogP contribution in [0, 0.1) is 5.82 Å². The molecule has 2 aromatic rings. The minimum absolute atomic E-state index is 0.0995. The molecule has 0 saturated heterocycles. The molecule has 0 aliphatic carbocycles. The van der Waals surface area contributed by atoms with E-state index in [2.05, 4.69) is 4.98 Å². The van der Waals surface area contributed by atoms with Gasteiger partial charge >= 0.3 is 11.7 Å². The van der Waals surface area contributed by atoms with Gasteiger partial charge in [0.25, 0.3) is 0 Å². The van der Waals surface area contributed by atoms with Crippen molar-refractivity contribution in [2.24, 2.45) is 7.05 Å². The predicted octanol–water partition coefficient (Wildman–Crippen LogP) is 2.31. The van der Waals surface area contributed by atoms with E-state index in [1.165, 1.54) is 22.8 Å². The summed E-state index contributed by atoms with van der Waals surface area (Å²) in [5.41, 5.74) is 1.77. The molecule has 0 fully saturated rings. The molecule has 29 heavy (non-hydrogen) atoms. The van der Waals surface area contributed by atoms with Gasteiger partial charge < -0.3 is 15.3 Å². The highest BCUT2D eigenvalue weighted by molar-refractivity contribution is 5.74. The minimum atomic E-state index is -1.19. The van der Waals surface area contributed by atoms with Crippen LogP contribution in [0.25, 0.3) is 17.3 Å². The first-order valence-corrected chi connectivity index (χ1v) is 9.23. The summed E-state index contributed by atoms with van der Waals surface area (Å²) in [5.74, 6) is -1.66. The predicted molar refractivity (Wildman–Crippen MR) is 107 cm³/mol. The molecule has 0 unspecified atom stereocenters. The van der Waals surface area contributed by atoms with Gasteiger partial charge in [0.2, 0.25) is 0 Å². The Labute approximate surface area is 167 Å². The molecule has 0 aliphatic heterocycles. The molecular formula is C21H25FN2O5. The van der Waals surface area contributed by atoms with E-state index in [-0.39, 0.29) is 12.3 Å². The molecular weight excluding hydrogens is 379 g/mol. The van der Waals surface area contributed by atoms with Crippen LogP contribution in [0.5, 0.6) is 0 Å². The Morgan fingerprint density at radius 1 is 1.24 bits per heavy atom. The summed E-state index contributed by atoms with van der Waals surface area (Å²) in [6, 6.07) is 5.69. The van der Waals surface area contributed by atoms with Gasteiger partial charge in [0.15, 0.2) is 0 Å². The quantitative estimate of drug-likeness (QED) is 0.622. The Morgan fingerprint density at radius 3 is 2.41 bits per heavy atom. The maximum absolute atomic E-state index is 13.4. The third-order valence-corrected chi connectivity index (χ3v) is 4.44. The maximum Gasteiger partial charge on any atom is 0.348 e. The van der Waals surface area contributed by atoms with Gasteiger partial charge in [0, 0.05) is 19.0 Å². The number of carboxylic acid groups (broad SMARTS) is 1. The lowest BCUT2D eigenvalue weighted by Gasteiger charge is -2.18. The molecule has 0 amide bonds. The average molecular weight is 404 g/mol. The molecule has 3 N–H and O–H groups in total. The number of nitrogens with zero attached hydrogens (tertiary/aromatic N) is 2. The van der Waals surface area contributed by atoms with Crippen LogP contribution in [-0.4, -0.2) is 43.0 Å². The summed E-state index contributed by atoms with van der Waals surface area (Å²) in [6.07, 6.45) is 0.119. The third-order valence-electron chi connectivity index (χ3n) is 4.44. The zero-order chi connectivity index (χ0) is 21.7. The molecule has 0 spiro atoms. The molecule has 0 radical (unpaired) electrons. The number of carbonyl (C=O) groups is 1. The maximum atomic E-state index is 13.4. The van der Waals surface area contributed by atoms with E-state index in [4.69, 9.17) is 5.11 Å². The lowest BCUT2D eigenvalue weighted by Crippen LogP contribution is -2.25. The van der Waals surface area contributed by atoms with Crippen molar-refractivity contribution in [3.8, 4) is 11.3 Å². The fourth-order valence-electron chi connectivity index (χ4n) is 3.05. The number of aliphatic hydroxyl groups is 2. The second-order valence-electron chi connectivity index (χ2n) is 7.18. The van der Waals surface area contributed by atoms with Crippen molar-refractivity contribution < 1.29 is 24.5 Å². The van der Waals surface area contributed by atoms with Crippen LogP contribution in [0.4, 0.5) is 4.39 Å². The molecule has 7 nitrogen and oxygen atoms in total. The number of halogens is 1. The van der Waals surface area contributed by atoms with Gasteiger partial charge in [0.1, 0.15) is 5.82 Å². The van der Waals surface area contributed by atoms with Gasteiger partial charge in [-0.1, -0.05) is 26.0 Å². The first kappa shape index (κ1) is 22.4. The van der Waals surface area contributed by atoms with E-state index in [1.54, 1.807) is 25.3 Å². The molecule has 156 valence electrons. The molecule has 2 atom stereocenters. The highest BCUT2D eigenvalue weighted by atomic mass is 19.1. The van der Waals surface area contributed by atoms with Crippen LogP contribution in [0.3, 0.4) is 0 Å². The smallest absolute Gasteiger partial charge is 0.348 e. The number of carboxylic acids is 1. The van der Waals surface area contributed by atoms with E-state index in [9.17, 15) is 24.2 Å². The van der Waals surface area contributed by atoms with Gasteiger partial charge in [0.05, 0.1) is 30.0 Å². The normalized spacial score (nSPS) is 13.8. The first-order valence-electron chi connectivity index (χ1n) is 9.23. The van der Waals surface area contributed by atoms with Gasteiger partial charge in [-0.3, -0.25) is 9.36 Å². The van der Waals surface area contributed by atoms with Crippen molar-refractivity contribution in [1.82, 2.24) is 9.55 Å². The fraction of sp³-hybridized carbons (Fsp3) is 0.381. The van der Waals surface area contributed by atoms with Crippen molar-refractivity contribution in [1.29, 1.82) is 0 Å². The van der Waals surface area contributed by atoms with Gasteiger partial charge in [-0.25, -0.2) is 9.18 Å². The number of hydrogen-bond donors (Lipinski definition) is 3. The van der Waals surface area contributed by atoms with Gasteiger partial charge in [-0.2, -0.15) is 4.98 Å².